The topological polar surface area (TPSA) is 56.8 Å². The maximum absolute atomic E-state index is 10.6. The monoisotopic (exact) mass is 426 g/mol. The van der Waals surface area contributed by atoms with Crippen LogP contribution in [0, 0.1) is 0 Å². The summed E-state index contributed by atoms with van der Waals surface area (Å²) in [6.07, 6.45) is 3.09. The van der Waals surface area contributed by atoms with E-state index in [4.69, 9.17) is 14.2 Å². The first-order valence-corrected chi connectivity index (χ1v) is 11.7. The number of quaternary nitrogens is 2. The number of aliphatic hydroxyl groups is 1. The van der Waals surface area contributed by atoms with Crippen LogP contribution in [0.25, 0.3) is 0 Å². The number of piperazine rings is 1. The minimum absolute atomic E-state index is 0.137. The summed E-state index contributed by atoms with van der Waals surface area (Å²) in [4.78, 5) is 3.07. The first-order chi connectivity index (χ1) is 15.2. The molecule has 31 heavy (non-hydrogen) atoms. The molecule has 0 saturated carbocycles. The fourth-order valence-corrected chi connectivity index (χ4v) is 5.18. The van der Waals surface area contributed by atoms with Gasteiger partial charge in [-0.05, 0) is 48.6 Å². The highest BCUT2D eigenvalue weighted by molar-refractivity contribution is 5.44. The van der Waals surface area contributed by atoms with Crippen molar-refractivity contribution in [2.75, 3.05) is 46.1 Å². The predicted molar refractivity (Wildman–Crippen MR) is 117 cm³/mol. The van der Waals surface area contributed by atoms with Crippen LogP contribution >= 0.6 is 0 Å². The standard InChI is InChI=1S/C25H32N2O4/c28-21(17-29-23-7-3-5-20-4-1-2-6-22(20)23)16-27-12-10-26(11-13-27)15-19-8-9-24-25(14-19)31-18-30-24/h1-2,4,6,8-9,14,21,23,28H,3,5,7,10-13,15-18H2/p+2/t21-,23-/m0/s1. The van der Waals surface area contributed by atoms with Crippen molar-refractivity contribution in [3.05, 3.63) is 59.2 Å². The smallest absolute Gasteiger partial charge is 0.231 e. The van der Waals surface area contributed by atoms with E-state index in [2.05, 4.69) is 36.4 Å². The molecule has 2 heterocycles. The molecule has 6 heteroatoms. The van der Waals surface area contributed by atoms with Crippen LogP contribution in [0.5, 0.6) is 11.5 Å². The molecule has 0 spiro atoms. The Morgan fingerprint density at radius 1 is 1.00 bits per heavy atom. The van der Waals surface area contributed by atoms with Gasteiger partial charge in [-0.3, -0.25) is 0 Å². The average Bonchev–Trinajstić information content (AvgIpc) is 3.27. The molecule has 2 aliphatic heterocycles. The van der Waals surface area contributed by atoms with E-state index < -0.39 is 6.10 Å². The van der Waals surface area contributed by atoms with E-state index in [1.54, 1.807) is 4.90 Å². The molecule has 0 bridgehead atoms. The van der Waals surface area contributed by atoms with Crippen LogP contribution < -0.4 is 19.3 Å². The van der Waals surface area contributed by atoms with Crippen molar-refractivity contribution < 1.29 is 29.1 Å². The van der Waals surface area contributed by atoms with Crippen molar-refractivity contribution >= 4 is 0 Å². The summed E-state index contributed by atoms with van der Waals surface area (Å²) in [7, 11) is 0. The van der Waals surface area contributed by atoms with Gasteiger partial charge in [0.2, 0.25) is 6.79 Å². The fraction of sp³-hybridized carbons (Fsp3) is 0.520. The van der Waals surface area contributed by atoms with Gasteiger partial charge in [0.25, 0.3) is 0 Å². The molecule has 1 aliphatic carbocycles. The average molecular weight is 427 g/mol. The Hall–Kier alpha value is -2.12. The third-order valence-electron chi connectivity index (χ3n) is 6.88. The van der Waals surface area contributed by atoms with Crippen LogP contribution in [0.4, 0.5) is 0 Å². The summed E-state index contributed by atoms with van der Waals surface area (Å²) in [6.45, 7) is 6.94. The molecule has 2 aromatic carbocycles. The number of hydrogen-bond acceptors (Lipinski definition) is 4. The van der Waals surface area contributed by atoms with Gasteiger partial charge in [0.1, 0.15) is 45.4 Å². The van der Waals surface area contributed by atoms with Crippen molar-refractivity contribution in [2.24, 2.45) is 0 Å². The Bertz CT molecular complexity index is 882. The number of hydrogen-bond donors (Lipinski definition) is 3. The molecule has 5 rings (SSSR count). The molecule has 0 unspecified atom stereocenters. The molecular weight excluding hydrogens is 392 g/mol. The maximum atomic E-state index is 10.6. The summed E-state index contributed by atoms with van der Waals surface area (Å²) < 4.78 is 17.1. The Labute approximate surface area is 184 Å². The van der Waals surface area contributed by atoms with Gasteiger partial charge < -0.3 is 29.1 Å². The Balaban J connectivity index is 1.05. The van der Waals surface area contributed by atoms with Crippen molar-refractivity contribution in [1.29, 1.82) is 0 Å². The third kappa shape index (κ3) is 5.04. The molecule has 0 aromatic heterocycles. The molecule has 2 atom stereocenters. The van der Waals surface area contributed by atoms with Crippen molar-refractivity contribution in [1.82, 2.24) is 0 Å². The van der Waals surface area contributed by atoms with Crippen LogP contribution in [0.3, 0.4) is 0 Å². The summed E-state index contributed by atoms with van der Waals surface area (Å²) in [5, 5.41) is 10.6. The van der Waals surface area contributed by atoms with Crippen LogP contribution in [0.15, 0.2) is 42.5 Å². The number of fused-ring (bicyclic) bond motifs is 2. The number of aliphatic hydroxyl groups excluding tert-OH is 1. The summed E-state index contributed by atoms with van der Waals surface area (Å²) in [5.41, 5.74) is 4.01. The molecule has 0 radical (unpaired) electrons. The van der Waals surface area contributed by atoms with Gasteiger partial charge in [-0.15, -0.1) is 0 Å². The molecule has 6 nitrogen and oxygen atoms in total. The lowest BCUT2D eigenvalue weighted by Gasteiger charge is -2.31. The van der Waals surface area contributed by atoms with E-state index in [0.717, 1.165) is 70.0 Å². The highest BCUT2D eigenvalue weighted by Crippen LogP contribution is 2.33. The number of rotatable bonds is 7. The second-order valence-corrected chi connectivity index (χ2v) is 9.14. The van der Waals surface area contributed by atoms with Crippen molar-refractivity contribution in [3.8, 4) is 11.5 Å². The van der Waals surface area contributed by atoms with Gasteiger partial charge in [-0.1, -0.05) is 24.3 Å². The Morgan fingerprint density at radius 2 is 1.81 bits per heavy atom. The number of nitrogens with one attached hydrogen (secondary N) is 2. The zero-order chi connectivity index (χ0) is 21.0. The molecular formula is C25H34N2O4+2. The van der Waals surface area contributed by atoms with Crippen LogP contribution in [-0.4, -0.2) is 57.3 Å². The highest BCUT2D eigenvalue weighted by atomic mass is 16.7. The minimum Gasteiger partial charge on any atom is -0.454 e. The van der Waals surface area contributed by atoms with Gasteiger partial charge in [0.05, 0.1) is 12.7 Å². The number of benzene rings is 2. The maximum Gasteiger partial charge on any atom is 0.231 e. The second kappa shape index (κ2) is 9.57. The lowest BCUT2D eigenvalue weighted by molar-refractivity contribution is -1.02. The van der Waals surface area contributed by atoms with E-state index in [0.29, 0.717) is 13.4 Å². The molecule has 3 N–H and O–H groups in total. The van der Waals surface area contributed by atoms with Crippen LogP contribution in [0.2, 0.25) is 0 Å². The van der Waals surface area contributed by atoms with Crippen molar-refractivity contribution in [3.63, 3.8) is 0 Å². The van der Waals surface area contributed by atoms with Gasteiger partial charge >= 0.3 is 0 Å². The largest absolute Gasteiger partial charge is 0.454 e. The summed E-state index contributed by atoms with van der Waals surface area (Å²) in [5.74, 6) is 1.71. The molecule has 166 valence electrons. The van der Waals surface area contributed by atoms with Crippen LogP contribution in [-0.2, 0) is 17.7 Å². The molecule has 0 amide bonds. The number of ether oxygens (including phenoxy) is 3. The van der Waals surface area contributed by atoms with Crippen molar-refractivity contribution in [2.45, 2.75) is 38.0 Å². The van der Waals surface area contributed by atoms with Gasteiger partial charge in [0.15, 0.2) is 11.5 Å². The quantitative estimate of drug-likeness (QED) is 0.590. The molecule has 3 aliphatic rings. The lowest BCUT2D eigenvalue weighted by Crippen LogP contribution is -3.28. The minimum atomic E-state index is -0.403. The van der Waals surface area contributed by atoms with Crippen LogP contribution in [0.1, 0.15) is 35.6 Å². The summed E-state index contributed by atoms with van der Waals surface area (Å²) in [6, 6.07) is 14.8. The first kappa shape index (κ1) is 20.8. The van der Waals surface area contributed by atoms with Gasteiger partial charge in [-0.2, -0.15) is 0 Å². The molecule has 2 aromatic rings. The lowest BCUT2D eigenvalue weighted by atomic mass is 9.89. The SMILES string of the molecule is O[C@H](CO[C@H]1CCCc2ccccc21)C[NH+]1CC[NH+](Cc2ccc3c(c2)OCO3)CC1. The zero-order valence-corrected chi connectivity index (χ0v) is 18.1. The van der Waals surface area contributed by atoms with E-state index in [9.17, 15) is 5.11 Å². The van der Waals surface area contributed by atoms with E-state index >= 15 is 0 Å². The van der Waals surface area contributed by atoms with Gasteiger partial charge in [0, 0.05) is 5.56 Å². The van der Waals surface area contributed by atoms with Gasteiger partial charge in [-0.25, -0.2) is 0 Å². The number of aryl methyl sites for hydroxylation is 1. The second-order valence-electron chi connectivity index (χ2n) is 9.14. The summed E-state index contributed by atoms with van der Waals surface area (Å²) >= 11 is 0. The normalized spacial score (nSPS) is 25.8. The first-order valence-electron chi connectivity index (χ1n) is 11.7. The van der Waals surface area contributed by atoms with E-state index in [-0.39, 0.29) is 6.10 Å². The molecule has 1 saturated heterocycles. The third-order valence-corrected chi connectivity index (χ3v) is 6.88. The predicted octanol–water partition coefficient (Wildman–Crippen LogP) is 0.154. The molecule has 1 fully saturated rings. The van der Waals surface area contributed by atoms with E-state index in [1.807, 2.05) is 6.07 Å². The highest BCUT2D eigenvalue weighted by Gasteiger charge is 2.27. The Kier molecular flexibility index (Phi) is 6.41. The Morgan fingerprint density at radius 3 is 2.71 bits per heavy atom. The van der Waals surface area contributed by atoms with E-state index in [1.165, 1.54) is 21.6 Å². The fourth-order valence-electron chi connectivity index (χ4n) is 5.18. The zero-order valence-electron chi connectivity index (χ0n) is 18.1.